The number of anilines is 1. The molecule has 1 N–H and O–H groups in total. The van der Waals surface area contributed by atoms with E-state index in [-0.39, 0.29) is 12.3 Å². The van der Waals surface area contributed by atoms with E-state index in [1.165, 1.54) is 0 Å². The number of hydrogen-bond acceptors (Lipinski definition) is 2. The van der Waals surface area contributed by atoms with Crippen LogP contribution in [0.5, 0.6) is 0 Å². The van der Waals surface area contributed by atoms with Crippen molar-refractivity contribution in [3.8, 4) is 0 Å². The zero-order valence-electron chi connectivity index (χ0n) is 11.2. The van der Waals surface area contributed by atoms with Crippen LogP contribution in [-0.2, 0) is 11.2 Å². The largest absolute Gasteiger partial charge is 0.464 e. The van der Waals surface area contributed by atoms with Crippen LogP contribution < -0.4 is 5.32 Å². The third-order valence-corrected chi connectivity index (χ3v) is 3.97. The first kappa shape index (κ1) is 15.2. The second-order valence-electron chi connectivity index (χ2n) is 4.75. The molecule has 22 heavy (non-hydrogen) atoms. The first-order chi connectivity index (χ1) is 10.5. The van der Waals surface area contributed by atoms with Gasteiger partial charge in [0.25, 0.3) is 0 Å². The molecule has 0 radical (unpaired) electrons. The molecule has 0 spiro atoms. The number of carbonyl (C=O) groups excluding carboxylic acids is 1. The van der Waals surface area contributed by atoms with Crippen molar-refractivity contribution in [3.05, 3.63) is 63.3 Å². The monoisotopic (exact) mass is 353 g/mol. The minimum Gasteiger partial charge on any atom is -0.464 e. The summed E-state index contributed by atoms with van der Waals surface area (Å²) in [4.78, 5) is 12.2. The van der Waals surface area contributed by atoms with Gasteiger partial charge in [-0.1, -0.05) is 34.8 Å². The van der Waals surface area contributed by atoms with E-state index in [1.807, 2.05) is 0 Å². The fraction of sp³-hybridized carbons (Fsp3) is 0.0625. The van der Waals surface area contributed by atoms with E-state index in [9.17, 15) is 4.79 Å². The molecule has 3 aromatic rings. The van der Waals surface area contributed by atoms with Gasteiger partial charge in [-0.25, -0.2) is 0 Å². The number of carbonyl (C=O) groups is 1. The number of hydrogen-bond donors (Lipinski definition) is 1. The van der Waals surface area contributed by atoms with Crippen molar-refractivity contribution in [2.45, 2.75) is 6.42 Å². The highest BCUT2D eigenvalue weighted by Gasteiger charge is 2.12. The van der Waals surface area contributed by atoms with Crippen molar-refractivity contribution >= 4 is 57.4 Å². The Kier molecular flexibility index (Phi) is 4.30. The molecule has 0 bridgehead atoms. The zero-order chi connectivity index (χ0) is 15.7. The highest BCUT2D eigenvalue weighted by Crippen LogP contribution is 2.27. The number of rotatable bonds is 3. The molecule has 2 aromatic carbocycles. The van der Waals surface area contributed by atoms with Gasteiger partial charge in [0.2, 0.25) is 5.91 Å². The first-order valence-electron chi connectivity index (χ1n) is 6.43. The minimum absolute atomic E-state index is 0.149. The summed E-state index contributed by atoms with van der Waals surface area (Å²) in [6.07, 6.45) is 1.70. The van der Waals surface area contributed by atoms with Crippen LogP contribution in [0.25, 0.3) is 11.0 Å². The molecule has 0 saturated carbocycles. The van der Waals surface area contributed by atoms with Crippen molar-refractivity contribution in [3.63, 3.8) is 0 Å². The van der Waals surface area contributed by atoms with Gasteiger partial charge in [0.05, 0.1) is 23.4 Å². The molecule has 1 heterocycles. The molecule has 0 saturated heterocycles. The van der Waals surface area contributed by atoms with Crippen molar-refractivity contribution < 1.29 is 9.21 Å². The number of amides is 1. The van der Waals surface area contributed by atoms with Gasteiger partial charge in [0, 0.05) is 21.0 Å². The fourth-order valence-electron chi connectivity index (χ4n) is 2.15. The van der Waals surface area contributed by atoms with Gasteiger partial charge in [0.1, 0.15) is 5.58 Å². The lowest BCUT2D eigenvalue weighted by atomic mass is 10.1. The molecule has 3 rings (SSSR count). The van der Waals surface area contributed by atoms with Crippen LogP contribution in [0.1, 0.15) is 5.56 Å². The van der Waals surface area contributed by atoms with Gasteiger partial charge in [-0.2, -0.15) is 0 Å². The van der Waals surface area contributed by atoms with Crippen LogP contribution in [0.2, 0.25) is 15.1 Å². The molecule has 1 amide bonds. The van der Waals surface area contributed by atoms with Crippen LogP contribution in [0, 0.1) is 0 Å². The fourth-order valence-corrected chi connectivity index (χ4v) is 2.66. The van der Waals surface area contributed by atoms with E-state index in [0.717, 1.165) is 10.9 Å². The van der Waals surface area contributed by atoms with E-state index < -0.39 is 0 Å². The summed E-state index contributed by atoms with van der Waals surface area (Å²) in [5, 5.41) is 5.08. The van der Waals surface area contributed by atoms with Gasteiger partial charge in [0.15, 0.2) is 0 Å². The molecule has 112 valence electrons. The number of fused-ring (bicyclic) bond motifs is 1. The van der Waals surface area contributed by atoms with Gasteiger partial charge in [-0.3, -0.25) is 4.79 Å². The third-order valence-electron chi connectivity index (χ3n) is 3.17. The number of halogens is 3. The summed E-state index contributed by atoms with van der Waals surface area (Å²) in [6, 6.07) is 10.2. The Morgan fingerprint density at radius 1 is 1.05 bits per heavy atom. The molecule has 0 unspecified atom stereocenters. The SMILES string of the molecule is O=C(Cc1coc2ccc(Cl)cc12)Nc1cc(Cl)ccc1Cl. The smallest absolute Gasteiger partial charge is 0.228 e. The van der Waals surface area contributed by atoms with Crippen LogP contribution in [0.3, 0.4) is 0 Å². The maximum Gasteiger partial charge on any atom is 0.228 e. The van der Waals surface area contributed by atoms with Gasteiger partial charge >= 0.3 is 0 Å². The summed E-state index contributed by atoms with van der Waals surface area (Å²) in [6.45, 7) is 0. The molecule has 0 atom stereocenters. The van der Waals surface area contributed by atoms with Gasteiger partial charge in [-0.05, 0) is 36.4 Å². The third kappa shape index (κ3) is 3.22. The van der Waals surface area contributed by atoms with Crippen LogP contribution in [0.4, 0.5) is 5.69 Å². The standard InChI is InChI=1S/C16H10Cl3NO2/c17-10-2-4-15-12(6-10)9(8-22-15)5-16(21)20-14-7-11(18)1-3-13(14)19/h1-4,6-8H,5H2,(H,20,21). The molecule has 0 aliphatic heterocycles. The van der Waals surface area contributed by atoms with E-state index >= 15 is 0 Å². The Hall–Kier alpha value is -1.68. The number of furan rings is 1. The molecule has 0 fully saturated rings. The summed E-state index contributed by atoms with van der Waals surface area (Å²) >= 11 is 17.9. The summed E-state index contributed by atoms with van der Waals surface area (Å²) in [5.74, 6) is -0.216. The summed E-state index contributed by atoms with van der Waals surface area (Å²) < 4.78 is 5.41. The Labute approximate surface area is 141 Å². The maximum atomic E-state index is 12.2. The number of nitrogens with one attached hydrogen (secondary N) is 1. The molecule has 0 aliphatic carbocycles. The highest BCUT2D eigenvalue weighted by molar-refractivity contribution is 6.35. The van der Waals surface area contributed by atoms with E-state index in [2.05, 4.69) is 5.32 Å². The first-order valence-corrected chi connectivity index (χ1v) is 7.57. The van der Waals surface area contributed by atoms with E-state index in [1.54, 1.807) is 42.7 Å². The van der Waals surface area contributed by atoms with Gasteiger partial charge in [-0.15, -0.1) is 0 Å². The Bertz CT molecular complexity index is 858. The predicted molar refractivity (Wildman–Crippen MR) is 90.0 cm³/mol. The van der Waals surface area contributed by atoms with Crippen molar-refractivity contribution in [2.24, 2.45) is 0 Å². The minimum atomic E-state index is -0.216. The predicted octanol–water partition coefficient (Wildman–Crippen LogP) is 5.57. The maximum absolute atomic E-state index is 12.2. The molecular weight excluding hydrogens is 345 g/mol. The molecule has 3 nitrogen and oxygen atoms in total. The highest BCUT2D eigenvalue weighted by atomic mass is 35.5. The van der Waals surface area contributed by atoms with Crippen LogP contribution in [-0.4, -0.2) is 5.91 Å². The second kappa shape index (κ2) is 6.21. The van der Waals surface area contributed by atoms with Gasteiger partial charge < -0.3 is 9.73 Å². The van der Waals surface area contributed by atoms with E-state index in [0.29, 0.717) is 26.3 Å². The van der Waals surface area contributed by atoms with E-state index in [4.69, 9.17) is 39.2 Å². The normalized spacial score (nSPS) is 10.9. The molecule has 0 aliphatic rings. The average molecular weight is 355 g/mol. The van der Waals surface area contributed by atoms with Crippen LogP contribution in [0.15, 0.2) is 47.1 Å². The van der Waals surface area contributed by atoms with Crippen LogP contribution >= 0.6 is 34.8 Å². The quantitative estimate of drug-likeness (QED) is 0.667. The number of benzene rings is 2. The topological polar surface area (TPSA) is 42.2 Å². The summed E-state index contributed by atoms with van der Waals surface area (Å²) in [7, 11) is 0. The van der Waals surface area contributed by atoms with Crippen molar-refractivity contribution in [1.82, 2.24) is 0 Å². The molecule has 1 aromatic heterocycles. The second-order valence-corrected chi connectivity index (χ2v) is 6.03. The van der Waals surface area contributed by atoms with Crippen molar-refractivity contribution in [2.75, 3.05) is 5.32 Å². The Balaban J connectivity index is 1.81. The Morgan fingerprint density at radius 2 is 1.77 bits per heavy atom. The lowest BCUT2D eigenvalue weighted by molar-refractivity contribution is -0.115. The summed E-state index contributed by atoms with van der Waals surface area (Å²) in [5.41, 5.74) is 1.92. The molecular formula is C16H10Cl3NO2. The lowest BCUT2D eigenvalue weighted by Crippen LogP contribution is -2.14. The average Bonchev–Trinajstić information content (AvgIpc) is 2.85. The Morgan fingerprint density at radius 3 is 2.59 bits per heavy atom. The zero-order valence-corrected chi connectivity index (χ0v) is 13.5. The van der Waals surface area contributed by atoms with Crippen molar-refractivity contribution in [1.29, 1.82) is 0 Å². The lowest BCUT2D eigenvalue weighted by Gasteiger charge is -2.07. The molecule has 6 heteroatoms.